The number of hydrogen-bond acceptors (Lipinski definition) is 2. The van der Waals surface area contributed by atoms with E-state index in [2.05, 4.69) is 19.6 Å². The van der Waals surface area contributed by atoms with Crippen LogP contribution in [0.4, 0.5) is 0 Å². The van der Waals surface area contributed by atoms with Crippen LogP contribution in [-0.4, -0.2) is 21.5 Å². The smallest absolute Gasteiger partial charge is 0.183 e. The molecule has 0 atom stereocenters. The van der Waals surface area contributed by atoms with Crippen LogP contribution in [0.3, 0.4) is 0 Å². The highest BCUT2D eigenvalue weighted by atomic mass is 28.4. The second kappa shape index (κ2) is 5.93. The zero-order valence-corrected chi connectivity index (χ0v) is 10.8. The van der Waals surface area contributed by atoms with Gasteiger partial charge in [0.05, 0.1) is 6.61 Å². The Morgan fingerprint density at radius 1 is 1.00 bits per heavy atom. The van der Waals surface area contributed by atoms with Gasteiger partial charge in [-0.15, -0.1) is 0 Å². The molecule has 0 saturated carbocycles. The van der Waals surface area contributed by atoms with Crippen LogP contribution >= 0.6 is 0 Å². The number of para-hydroxylation sites is 1. The monoisotopic (exact) mass is 224 g/mol. The van der Waals surface area contributed by atoms with Crippen molar-refractivity contribution in [1.82, 2.24) is 0 Å². The molecule has 0 radical (unpaired) electrons. The molecule has 2 nitrogen and oxygen atoms in total. The summed E-state index contributed by atoms with van der Waals surface area (Å²) in [6.07, 6.45) is 0.958. The van der Waals surface area contributed by atoms with Gasteiger partial charge in [-0.2, -0.15) is 0 Å². The van der Waals surface area contributed by atoms with Crippen molar-refractivity contribution in [2.24, 2.45) is 0 Å². The van der Waals surface area contributed by atoms with Crippen LogP contribution in [0.15, 0.2) is 30.3 Å². The molecule has 0 unspecified atom stereocenters. The van der Waals surface area contributed by atoms with E-state index in [1.807, 2.05) is 30.3 Å². The fourth-order valence-corrected chi connectivity index (χ4v) is 1.90. The first-order valence-corrected chi connectivity index (χ1v) is 8.80. The average molecular weight is 224 g/mol. The topological polar surface area (TPSA) is 18.5 Å². The zero-order chi connectivity index (χ0) is 11.1. The highest BCUT2D eigenvalue weighted by molar-refractivity contribution is 6.69. The Kier molecular flexibility index (Phi) is 4.85. The minimum Gasteiger partial charge on any atom is -0.494 e. The largest absolute Gasteiger partial charge is 0.494 e. The summed E-state index contributed by atoms with van der Waals surface area (Å²) in [5, 5.41) is 0. The average Bonchev–Trinajstić information content (AvgIpc) is 2.17. The van der Waals surface area contributed by atoms with Crippen LogP contribution in [0.5, 0.6) is 5.75 Å². The number of hydrogen-bond donors (Lipinski definition) is 0. The molecule has 0 aliphatic carbocycles. The summed E-state index contributed by atoms with van der Waals surface area (Å²) in [6.45, 7) is 8.14. The van der Waals surface area contributed by atoms with Crippen LogP contribution in [0.2, 0.25) is 19.6 Å². The van der Waals surface area contributed by atoms with Crippen molar-refractivity contribution in [2.45, 2.75) is 26.1 Å². The predicted molar refractivity (Wildman–Crippen MR) is 65.9 cm³/mol. The second-order valence-corrected chi connectivity index (χ2v) is 8.99. The van der Waals surface area contributed by atoms with Gasteiger partial charge in [-0.05, 0) is 31.8 Å². The van der Waals surface area contributed by atoms with Gasteiger partial charge < -0.3 is 9.16 Å². The maximum Gasteiger partial charge on any atom is 0.183 e. The van der Waals surface area contributed by atoms with E-state index in [0.717, 1.165) is 25.4 Å². The van der Waals surface area contributed by atoms with Crippen molar-refractivity contribution in [3.05, 3.63) is 30.3 Å². The Labute approximate surface area is 93.4 Å². The van der Waals surface area contributed by atoms with Crippen LogP contribution in [0.1, 0.15) is 6.42 Å². The first-order valence-electron chi connectivity index (χ1n) is 5.40. The molecule has 15 heavy (non-hydrogen) atoms. The van der Waals surface area contributed by atoms with E-state index in [-0.39, 0.29) is 0 Å². The van der Waals surface area contributed by atoms with Crippen LogP contribution in [0, 0.1) is 0 Å². The third-order valence-electron chi connectivity index (χ3n) is 1.84. The van der Waals surface area contributed by atoms with Gasteiger partial charge in [0.1, 0.15) is 5.75 Å². The number of rotatable bonds is 6. The van der Waals surface area contributed by atoms with Crippen molar-refractivity contribution in [3.63, 3.8) is 0 Å². The van der Waals surface area contributed by atoms with E-state index in [4.69, 9.17) is 9.16 Å². The molecule has 0 heterocycles. The maximum atomic E-state index is 5.73. The Morgan fingerprint density at radius 2 is 1.67 bits per heavy atom. The molecule has 0 fully saturated rings. The van der Waals surface area contributed by atoms with E-state index in [1.54, 1.807) is 0 Å². The predicted octanol–water partition coefficient (Wildman–Crippen LogP) is 3.31. The molecule has 1 rings (SSSR count). The molecule has 0 aliphatic heterocycles. The zero-order valence-electron chi connectivity index (χ0n) is 9.82. The summed E-state index contributed by atoms with van der Waals surface area (Å²) in [5.41, 5.74) is 0. The molecule has 0 aromatic heterocycles. The summed E-state index contributed by atoms with van der Waals surface area (Å²) in [6, 6.07) is 9.89. The van der Waals surface area contributed by atoms with E-state index in [0.29, 0.717) is 0 Å². The van der Waals surface area contributed by atoms with Crippen molar-refractivity contribution in [3.8, 4) is 5.75 Å². The van der Waals surface area contributed by atoms with E-state index in [1.165, 1.54) is 0 Å². The molecule has 0 spiro atoms. The highest BCUT2D eigenvalue weighted by Gasteiger charge is 2.12. The molecule has 3 heteroatoms. The first-order chi connectivity index (χ1) is 7.08. The minimum absolute atomic E-state index is 0.731. The van der Waals surface area contributed by atoms with Gasteiger partial charge in [-0.1, -0.05) is 18.2 Å². The Morgan fingerprint density at radius 3 is 2.27 bits per heavy atom. The lowest BCUT2D eigenvalue weighted by atomic mass is 10.3. The number of benzene rings is 1. The van der Waals surface area contributed by atoms with Crippen molar-refractivity contribution in [2.75, 3.05) is 13.2 Å². The Bertz CT molecular complexity index is 267. The molecule has 0 N–H and O–H groups in total. The standard InChI is InChI=1S/C12H20O2Si/c1-15(2,3)14-11-7-10-13-12-8-5-4-6-9-12/h4-6,8-9H,7,10-11H2,1-3H3. The summed E-state index contributed by atoms with van der Waals surface area (Å²) in [5.74, 6) is 0.936. The molecule has 0 bridgehead atoms. The van der Waals surface area contributed by atoms with Gasteiger partial charge in [0, 0.05) is 13.0 Å². The molecule has 1 aromatic carbocycles. The first kappa shape index (κ1) is 12.3. The number of ether oxygens (including phenoxy) is 1. The van der Waals surface area contributed by atoms with Crippen molar-refractivity contribution >= 4 is 8.32 Å². The van der Waals surface area contributed by atoms with Crippen molar-refractivity contribution in [1.29, 1.82) is 0 Å². The highest BCUT2D eigenvalue weighted by Crippen LogP contribution is 2.09. The fourth-order valence-electron chi connectivity index (χ4n) is 1.14. The van der Waals surface area contributed by atoms with Gasteiger partial charge in [-0.3, -0.25) is 0 Å². The van der Waals surface area contributed by atoms with Crippen LogP contribution < -0.4 is 4.74 Å². The Balaban J connectivity index is 2.08. The van der Waals surface area contributed by atoms with Crippen LogP contribution in [-0.2, 0) is 4.43 Å². The lowest BCUT2D eigenvalue weighted by Gasteiger charge is -2.16. The minimum atomic E-state index is -1.34. The molecular weight excluding hydrogens is 204 g/mol. The summed E-state index contributed by atoms with van der Waals surface area (Å²) >= 11 is 0. The Hall–Kier alpha value is -0.803. The van der Waals surface area contributed by atoms with Crippen molar-refractivity contribution < 1.29 is 9.16 Å². The summed E-state index contributed by atoms with van der Waals surface area (Å²) in [4.78, 5) is 0. The fraction of sp³-hybridized carbons (Fsp3) is 0.500. The van der Waals surface area contributed by atoms with E-state index in [9.17, 15) is 0 Å². The van der Waals surface area contributed by atoms with E-state index < -0.39 is 8.32 Å². The molecule has 0 amide bonds. The van der Waals surface area contributed by atoms with Gasteiger partial charge in [-0.25, -0.2) is 0 Å². The van der Waals surface area contributed by atoms with Gasteiger partial charge in [0.25, 0.3) is 0 Å². The van der Waals surface area contributed by atoms with Gasteiger partial charge in [0.2, 0.25) is 0 Å². The summed E-state index contributed by atoms with van der Waals surface area (Å²) in [7, 11) is -1.34. The molecule has 0 saturated heterocycles. The molecule has 1 aromatic rings. The van der Waals surface area contributed by atoms with Gasteiger partial charge >= 0.3 is 0 Å². The lowest BCUT2D eigenvalue weighted by Crippen LogP contribution is -2.26. The normalized spacial score (nSPS) is 11.4. The van der Waals surface area contributed by atoms with Gasteiger partial charge in [0.15, 0.2) is 8.32 Å². The molecule has 84 valence electrons. The third-order valence-corrected chi connectivity index (χ3v) is 2.91. The lowest BCUT2D eigenvalue weighted by molar-refractivity contribution is 0.244. The SMILES string of the molecule is C[Si](C)(C)OCCCOc1ccccc1. The van der Waals surface area contributed by atoms with E-state index >= 15 is 0 Å². The maximum absolute atomic E-state index is 5.73. The molecule has 0 aliphatic rings. The quantitative estimate of drug-likeness (QED) is 0.545. The summed E-state index contributed by atoms with van der Waals surface area (Å²) < 4.78 is 11.3. The molecular formula is C12H20O2Si. The van der Waals surface area contributed by atoms with Crippen LogP contribution in [0.25, 0.3) is 0 Å². The second-order valence-electron chi connectivity index (χ2n) is 4.48. The third kappa shape index (κ3) is 6.31.